The van der Waals surface area contributed by atoms with Gasteiger partial charge in [-0.05, 0) is 123 Å². The molecular weight excluding hydrogens is 674 g/mol. The molecule has 0 saturated heterocycles. The van der Waals surface area contributed by atoms with Crippen molar-refractivity contribution in [2.75, 3.05) is 0 Å². The van der Waals surface area contributed by atoms with Gasteiger partial charge in [0.05, 0.1) is 9.79 Å². The number of halogens is 2. The largest absolute Gasteiger partial charge is 0.238 e. The first kappa shape index (κ1) is 25.6. The van der Waals surface area contributed by atoms with Gasteiger partial charge >= 0.3 is 0 Å². The monoisotopic (exact) mass is 696 g/mol. The average molecular weight is 696 g/mol. The van der Waals surface area contributed by atoms with Crippen molar-refractivity contribution in [2.45, 2.75) is 35.5 Å². The molecule has 0 spiro atoms. The zero-order valence-corrected chi connectivity index (χ0v) is 22.9. The van der Waals surface area contributed by atoms with Gasteiger partial charge in [-0.3, -0.25) is 0 Å². The molecule has 3 aromatic rings. The van der Waals surface area contributed by atoms with E-state index in [1.165, 1.54) is 0 Å². The summed E-state index contributed by atoms with van der Waals surface area (Å²) < 4.78 is 51.2. The molecule has 0 amide bonds. The van der Waals surface area contributed by atoms with Crippen LogP contribution in [0, 0.1) is 7.14 Å². The lowest BCUT2D eigenvalue weighted by Gasteiger charge is -2.15. The summed E-state index contributed by atoms with van der Waals surface area (Å²) in [6.45, 7) is 0. The lowest BCUT2D eigenvalue weighted by atomic mass is 9.99. The first-order chi connectivity index (χ1) is 14.9. The van der Waals surface area contributed by atoms with Crippen LogP contribution in [-0.4, -0.2) is 16.8 Å². The number of sulfonamides is 2. The van der Waals surface area contributed by atoms with Crippen molar-refractivity contribution in [3.63, 3.8) is 0 Å². The Hall–Kier alpha value is -1.06. The Morgan fingerprint density at radius 1 is 0.562 bits per heavy atom. The molecule has 0 radical (unpaired) electrons. The Morgan fingerprint density at radius 3 is 1.22 bits per heavy atom. The summed E-state index contributed by atoms with van der Waals surface area (Å²) in [5.74, 6) is 0. The Labute approximate surface area is 216 Å². The lowest BCUT2D eigenvalue weighted by molar-refractivity contribution is 0.593. The molecule has 6 nitrogen and oxygen atoms in total. The van der Waals surface area contributed by atoms with E-state index >= 15 is 0 Å². The van der Waals surface area contributed by atoms with E-state index in [1.54, 1.807) is 6.07 Å². The van der Waals surface area contributed by atoms with Crippen LogP contribution in [0.5, 0.6) is 0 Å². The van der Waals surface area contributed by atoms with Crippen LogP contribution >= 0.6 is 45.2 Å². The minimum absolute atomic E-state index is 0.204. The zero-order valence-electron chi connectivity index (χ0n) is 17.0. The molecule has 0 aliphatic carbocycles. The van der Waals surface area contributed by atoms with Crippen LogP contribution in [0.15, 0.2) is 70.5 Å². The number of nitrogens with two attached hydrogens (primary N) is 2. The van der Waals surface area contributed by atoms with Crippen molar-refractivity contribution < 1.29 is 16.8 Å². The van der Waals surface area contributed by atoms with Crippen molar-refractivity contribution in [3.05, 3.63) is 90.1 Å². The molecule has 0 unspecified atom stereocenters. The lowest BCUT2D eigenvalue weighted by Crippen LogP contribution is -2.20. The molecule has 0 fully saturated rings. The first-order valence-corrected chi connectivity index (χ1v) is 14.9. The summed E-state index contributed by atoms with van der Waals surface area (Å²) in [6.07, 6.45) is 1.97. The highest BCUT2D eigenvalue weighted by molar-refractivity contribution is 14.1. The van der Waals surface area contributed by atoms with Gasteiger partial charge in [0.2, 0.25) is 20.0 Å². The second-order valence-corrected chi connectivity index (χ2v) is 13.0. The zero-order chi connectivity index (χ0) is 23.5. The Kier molecular flexibility index (Phi) is 8.36. The van der Waals surface area contributed by atoms with E-state index in [2.05, 4.69) is 45.2 Å². The fourth-order valence-electron chi connectivity index (χ4n) is 3.44. The van der Waals surface area contributed by atoms with E-state index in [1.807, 2.05) is 48.5 Å². The maximum atomic E-state index is 12.3. The predicted molar refractivity (Wildman–Crippen MR) is 142 cm³/mol. The molecule has 0 atom stereocenters. The minimum atomic E-state index is -4.14. The summed E-state index contributed by atoms with van der Waals surface area (Å²) in [6, 6.07) is 18.6. The molecule has 4 N–H and O–H groups in total. The van der Waals surface area contributed by atoms with Gasteiger partial charge < -0.3 is 0 Å². The van der Waals surface area contributed by atoms with Crippen LogP contribution in [0.4, 0.5) is 0 Å². The van der Waals surface area contributed by atoms with Crippen LogP contribution in [-0.2, 0) is 45.7 Å². The molecule has 0 aliphatic rings. The van der Waals surface area contributed by atoms with Crippen molar-refractivity contribution in [3.8, 4) is 0 Å². The maximum absolute atomic E-state index is 12.3. The summed E-state index contributed by atoms with van der Waals surface area (Å²) in [4.78, 5) is -0.407. The number of hydrogen-bond donors (Lipinski definition) is 2. The normalized spacial score (nSPS) is 12.1. The molecule has 0 bridgehead atoms. The minimum Gasteiger partial charge on any atom is -0.225 e. The molecule has 0 aromatic heterocycles. The molecular formula is C22H22I2N2O4S2. The molecule has 0 saturated carbocycles. The number of aryl methyl sites for hydroxylation is 4. The third-order valence-corrected chi connectivity index (χ3v) is 8.47. The van der Waals surface area contributed by atoms with Gasteiger partial charge in [-0.15, -0.1) is 0 Å². The number of primary sulfonamides is 2. The number of rotatable bonds is 8. The van der Waals surface area contributed by atoms with E-state index in [0.717, 1.165) is 24.3 Å². The van der Waals surface area contributed by atoms with Crippen molar-refractivity contribution in [1.29, 1.82) is 0 Å². The van der Waals surface area contributed by atoms with Gasteiger partial charge in [-0.1, -0.05) is 30.3 Å². The Bertz CT molecular complexity index is 1220. The second-order valence-electron chi connectivity index (χ2n) is 7.41. The third-order valence-electron chi connectivity index (χ3n) is 5.05. The molecule has 3 rings (SSSR count). The smallest absolute Gasteiger partial charge is 0.225 e. The first-order valence-electron chi connectivity index (χ1n) is 9.64. The predicted octanol–water partition coefficient (Wildman–Crippen LogP) is 3.76. The fraction of sp³-hybridized carbons (Fsp3) is 0.182. The standard InChI is InChI=1S/C22H22I2N2O4S2/c23-19-9-3-15(4-10-19)1-7-17-13-18(8-2-16-5-11-20(24)12-6-16)22(32(26,29)30)14-21(17)31(25,27)28/h3-6,9-14H,1-2,7-8H2,(H2,25,27,28)(H2,26,29,30). The average Bonchev–Trinajstić information content (AvgIpc) is 2.71. The molecule has 170 valence electrons. The number of benzene rings is 3. The van der Waals surface area contributed by atoms with E-state index in [-0.39, 0.29) is 9.79 Å². The van der Waals surface area contributed by atoms with Gasteiger partial charge in [0, 0.05) is 7.14 Å². The molecule has 32 heavy (non-hydrogen) atoms. The SMILES string of the molecule is NS(=O)(=O)c1cc(S(N)(=O)=O)c(CCc2ccc(I)cc2)cc1CCc1ccc(I)cc1. The second kappa shape index (κ2) is 10.5. The summed E-state index contributed by atoms with van der Waals surface area (Å²) in [7, 11) is -8.28. The van der Waals surface area contributed by atoms with Crippen LogP contribution in [0.1, 0.15) is 22.3 Å². The Morgan fingerprint density at radius 2 is 0.906 bits per heavy atom. The summed E-state index contributed by atoms with van der Waals surface area (Å²) in [5, 5.41) is 10.8. The molecule has 3 aromatic carbocycles. The van der Waals surface area contributed by atoms with Crippen LogP contribution < -0.4 is 10.3 Å². The van der Waals surface area contributed by atoms with E-state index in [0.29, 0.717) is 36.8 Å². The quantitative estimate of drug-likeness (QED) is 0.349. The molecule has 0 heterocycles. The summed E-state index contributed by atoms with van der Waals surface area (Å²) in [5.41, 5.74) is 3.05. The van der Waals surface area contributed by atoms with E-state index in [9.17, 15) is 16.8 Å². The van der Waals surface area contributed by atoms with Crippen LogP contribution in [0.3, 0.4) is 0 Å². The van der Waals surface area contributed by atoms with Gasteiger partial charge in [-0.25, -0.2) is 27.1 Å². The van der Waals surface area contributed by atoms with Gasteiger partial charge in [0.1, 0.15) is 0 Å². The summed E-state index contributed by atoms with van der Waals surface area (Å²) >= 11 is 4.44. The third kappa shape index (κ3) is 6.97. The number of hydrogen-bond acceptors (Lipinski definition) is 4. The topological polar surface area (TPSA) is 120 Å². The van der Waals surface area contributed by atoms with Gasteiger partial charge in [0.15, 0.2) is 0 Å². The highest BCUT2D eigenvalue weighted by atomic mass is 127. The fourth-order valence-corrected chi connectivity index (χ4v) is 5.85. The van der Waals surface area contributed by atoms with Gasteiger partial charge in [0.25, 0.3) is 0 Å². The van der Waals surface area contributed by atoms with E-state index < -0.39 is 20.0 Å². The van der Waals surface area contributed by atoms with Crippen LogP contribution in [0.2, 0.25) is 0 Å². The van der Waals surface area contributed by atoms with E-state index in [4.69, 9.17) is 10.3 Å². The molecule has 0 aliphatic heterocycles. The highest BCUT2D eigenvalue weighted by Crippen LogP contribution is 2.26. The maximum Gasteiger partial charge on any atom is 0.238 e. The van der Waals surface area contributed by atoms with Gasteiger partial charge in [-0.2, -0.15) is 0 Å². The molecule has 10 heteroatoms. The van der Waals surface area contributed by atoms with Crippen molar-refractivity contribution in [2.24, 2.45) is 10.3 Å². The Balaban J connectivity index is 2.00. The highest BCUT2D eigenvalue weighted by Gasteiger charge is 2.22. The van der Waals surface area contributed by atoms with Crippen LogP contribution in [0.25, 0.3) is 0 Å². The van der Waals surface area contributed by atoms with Crippen molar-refractivity contribution in [1.82, 2.24) is 0 Å². The van der Waals surface area contributed by atoms with Crippen molar-refractivity contribution >= 4 is 65.2 Å².